The lowest BCUT2D eigenvalue weighted by atomic mass is 9.80. The first-order chi connectivity index (χ1) is 8.66. The summed E-state index contributed by atoms with van der Waals surface area (Å²) in [6, 6.07) is 8.20. The number of fused-ring (bicyclic) bond motifs is 1. The van der Waals surface area contributed by atoms with Crippen molar-refractivity contribution in [2.75, 3.05) is 11.9 Å². The molecule has 1 saturated carbocycles. The number of aromatic nitrogens is 1. The van der Waals surface area contributed by atoms with Crippen LogP contribution in [0.15, 0.2) is 30.5 Å². The zero-order valence-electron chi connectivity index (χ0n) is 10.4. The number of nitrogens with one attached hydrogen (secondary N) is 1. The van der Waals surface area contributed by atoms with Gasteiger partial charge in [0, 0.05) is 36.1 Å². The number of aromatic amines is 1. The van der Waals surface area contributed by atoms with Gasteiger partial charge < -0.3 is 15.6 Å². The summed E-state index contributed by atoms with van der Waals surface area (Å²) in [5.41, 5.74) is 7.73. The molecule has 4 heteroatoms. The van der Waals surface area contributed by atoms with Gasteiger partial charge in [0.2, 0.25) is 5.91 Å². The summed E-state index contributed by atoms with van der Waals surface area (Å²) >= 11 is 0. The zero-order chi connectivity index (χ0) is 12.7. The molecule has 3 N–H and O–H groups in total. The molecule has 0 saturated heterocycles. The van der Waals surface area contributed by atoms with Crippen molar-refractivity contribution in [1.29, 1.82) is 0 Å². The summed E-state index contributed by atoms with van der Waals surface area (Å²) < 4.78 is 0. The third-order valence-corrected chi connectivity index (χ3v) is 3.78. The van der Waals surface area contributed by atoms with Crippen molar-refractivity contribution in [3.63, 3.8) is 0 Å². The van der Waals surface area contributed by atoms with Gasteiger partial charge in [0.1, 0.15) is 0 Å². The van der Waals surface area contributed by atoms with Crippen molar-refractivity contribution in [2.24, 2.45) is 11.7 Å². The Kier molecular flexibility index (Phi) is 2.59. The fraction of sp³-hybridized carbons (Fsp3) is 0.357. The van der Waals surface area contributed by atoms with Crippen molar-refractivity contribution in [2.45, 2.75) is 18.9 Å². The summed E-state index contributed by atoms with van der Waals surface area (Å²) in [5.74, 6) is 0.264. The van der Waals surface area contributed by atoms with E-state index in [1.165, 1.54) is 0 Å². The molecule has 0 atom stereocenters. The molecule has 3 rings (SSSR count). The molecule has 1 heterocycles. The smallest absolute Gasteiger partial charge is 0.230 e. The summed E-state index contributed by atoms with van der Waals surface area (Å²) in [4.78, 5) is 17.2. The molecule has 1 aliphatic rings. The van der Waals surface area contributed by atoms with Gasteiger partial charge in [0.15, 0.2) is 0 Å². The highest BCUT2D eigenvalue weighted by atomic mass is 16.2. The van der Waals surface area contributed by atoms with Crippen molar-refractivity contribution >= 4 is 22.5 Å². The number of H-pyrrole nitrogens is 1. The Morgan fingerprint density at radius 1 is 1.39 bits per heavy atom. The van der Waals surface area contributed by atoms with Gasteiger partial charge in [-0.25, -0.2) is 0 Å². The van der Waals surface area contributed by atoms with Crippen LogP contribution in [-0.2, 0) is 4.79 Å². The van der Waals surface area contributed by atoms with E-state index in [1.54, 1.807) is 4.90 Å². The molecule has 1 fully saturated rings. The number of rotatable bonds is 2. The molecule has 0 spiro atoms. The molecule has 1 aromatic carbocycles. The van der Waals surface area contributed by atoms with E-state index < -0.39 is 0 Å². The van der Waals surface area contributed by atoms with E-state index in [0.29, 0.717) is 0 Å². The van der Waals surface area contributed by atoms with Crippen molar-refractivity contribution < 1.29 is 4.79 Å². The molecule has 18 heavy (non-hydrogen) atoms. The highest BCUT2D eigenvalue weighted by Gasteiger charge is 2.34. The first-order valence-electron chi connectivity index (χ1n) is 6.26. The molecule has 2 aromatic rings. The van der Waals surface area contributed by atoms with E-state index in [-0.39, 0.29) is 17.9 Å². The van der Waals surface area contributed by atoms with Crippen molar-refractivity contribution in [3.8, 4) is 0 Å². The van der Waals surface area contributed by atoms with Crippen LogP contribution >= 0.6 is 0 Å². The number of carbonyl (C=O) groups excluding carboxylic acids is 1. The molecule has 4 nitrogen and oxygen atoms in total. The Labute approximate surface area is 106 Å². The second-order valence-corrected chi connectivity index (χ2v) is 5.05. The van der Waals surface area contributed by atoms with Gasteiger partial charge in [-0.1, -0.05) is 18.2 Å². The molecule has 0 unspecified atom stereocenters. The lowest BCUT2D eigenvalue weighted by Gasteiger charge is -2.34. The monoisotopic (exact) mass is 243 g/mol. The Balaban J connectivity index is 1.87. The van der Waals surface area contributed by atoms with Crippen LogP contribution in [0.4, 0.5) is 5.69 Å². The molecule has 94 valence electrons. The van der Waals surface area contributed by atoms with Crippen molar-refractivity contribution in [3.05, 3.63) is 30.5 Å². The minimum Gasteiger partial charge on any atom is -0.359 e. The van der Waals surface area contributed by atoms with Crippen LogP contribution < -0.4 is 10.6 Å². The van der Waals surface area contributed by atoms with Gasteiger partial charge in [-0.05, 0) is 18.9 Å². The van der Waals surface area contributed by atoms with E-state index in [4.69, 9.17) is 5.73 Å². The highest BCUT2D eigenvalue weighted by molar-refractivity contribution is 6.03. The maximum Gasteiger partial charge on any atom is 0.230 e. The topological polar surface area (TPSA) is 62.1 Å². The van der Waals surface area contributed by atoms with E-state index in [2.05, 4.69) is 4.98 Å². The molecule has 0 radical (unpaired) electrons. The molecule has 1 aliphatic carbocycles. The second kappa shape index (κ2) is 4.14. The zero-order valence-corrected chi connectivity index (χ0v) is 10.4. The molecule has 1 amide bonds. The van der Waals surface area contributed by atoms with E-state index in [1.807, 2.05) is 37.5 Å². The van der Waals surface area contributed by atoms with Crippen molar-refractivity contribution in [1.82, 2.24) is 4.98 Å². The number of para-hydroxylation sites is 1. The Bertz CT molecular complexity index is 583. The number of nitrogens with zero attached hydrogens (tertiary/aromatic N) is 1. The fourth-order valence-corrected chi connectivity index (χ4v) is 2.59. The Hall–Kier alpha value is -1.81. The van der Waals surface area contributed by atoms with Crippen LogP contribution in [0.2, 0.25) is 0 Å². The number of nitrogens with two attached hydrogens (primary N) is 1. The molecule has 0 aliphatic heterocycles. The molecular weight excluding hydrogens is 226 g/mol. The maximum absolute atomic E-state index is 12.3. The van der Waals surface area contributed by atoms with Gasteiger partial charge in [-0.2, -0.15) is 0 Å². The fourth-order valence-electron chi connectivity index (χ4n) is 2.59. The molecular formula is C14H17N3O. The van der Waals surface area contributed by atoms with Crippen LogP contribution in [0.25, 0.3) is 10.9 Å². The van der Waals surface area contributed by atoms with Gasteiger partial charge in [0.05, 0.1) is 5.69 Å². The lowest BCUT2D eigenvalue weighted by Crippen LogP contribution is -2.45. The normalized spacial score (nSPS) is 22.8. The van der Waals surface area contributed by atoms with Crippen LogP contribution in [0.3, 0.4) is 0 Å². The summed E-state index contributed by atoms with van der Waals surface area (Å²) in [5, 5.41) is 1.08. The van der Waals surface area contributed by atoms with Crippen LogP contribution in [0.1, 0.15) is 12.8 Å². The first kappa shape index (κ1) is 11.3. The van der Waals surface area contributed by atoms with Crippen LogP contribution in [0.5, 0.6) is 0 Å². The largest absolute Gasteiger partial charge is 0.359 e. The summed E-state index contributed by atoms with van der Waals surface area (Å²) in [6.45, 7) is 0. The number of hydrogen-bond acceptors (Lipinski definition) is 2. The number of hydrogen-bond donors (Lipinski definition) is 2. The second-order valence-electron chi connectivity index (χ2n) is 5.05. The summed E-state index contributed by atoms with van der Waals surface area (Å²) in [6.07, 6.45) is 3.51. The standard InChI is InChI=1S/C14H17N3O/c1-17(14(18)9-6-10(15)7-9)13-8-16-12-5-3-2-4-11(12)13/h2-5,8-10,16H,6-7,15H2,1H3. The highest BCUT2D eigenvalue weighted by Crippen LogP contribution is 2.31. The summed E-state index contributed by atoms with van der Waals surface area (Å²) in [7, 11) is 1.84. The van der Waals surface area contributed by atoms with Gasteiger partial charge in [-0.3, -0.25) is 4.79 Å². The quantitative estimate of drug-likeness (QED) is 0.845. The predicted octanol–water partition coefficient (Wildman–Crippen LogP) is 1.87. The number of amides is 1. The van der Waals surface area contributed by atoms with E-state index in [0.717, 1.165) is 29.4 Å². The minimum absolute atomic E-state index is 0.0960. The Morgan fingerprint density at radius 2 is 2.11 bits per heavy atom. The third-order valence-electron chi connectivity index (χ3n) is 3.78. The maximum atomic E-state index is 12.3. The lowest BCUT2D eigenvalue weighted by molar-refractivity contribution is -0.124. The van der Waals surface area contributed by atoms with Gasteiger partial charge in [0.25, 0.3) is 0 Å². The average molecular weight is 243 g/mol. The number of carbonyl (C=O) groups is 1. The predicted molar refractivity (Wildman–Crippen MR) is 72.4 cm³/mol. The van der Waals surface area contributed by atoms with E-state index >= 15 is 0 Å². The first-order valence-corrected chi connectivity index (χ1v) is 6.26. The van der Waals surface area contributed by atoms with Crippen LogP contribution in [-0.4, -0.2) is 24.0 Å². The van der Waals surface area contributed by atoms with Gasteiger partial charge in [-0.15, -0.1) is 0 Å². The third kappa shape index (κ3) is 1.69. The minimum atomic E-state index is 0.0960. The van der Waals surface area contributed by atoms with E-state index in [9.17, 15) is 4.79 Å². The Morgan fingerprint density at radius 3 is 2.83 bits per heavy atom. The van der Waals surface area contributed by atoms with Crippen LogP contribution in [0, 0.1) is 5.92 Å². The number of benzene rings is 1. The molecule has 1 aromatic heterocycles. The molecule has 0 bridgehead atoms. The number of anilines is 1. The average Bonchev–Trinajstić information content (AvgIpc) is 2.77. The van der Waals surface area contributed by atoms with Gasteiger partial charge >= 0.3 is 0 Å². The SMILES string of the molecule is CN(C(=O)C1CC(N)C1)c1c[nH]c2ccccc12.